The molecule has 0 saturated carbocycles. The van der Waals surface area contributed by atoms with E-state index in [0.717, 1.165) is 6.54 Å². The SMILES string of the molecule is CN1C=CCNCC1=O. The molecule has 0 radical (unpaired) electrons. The van der Waals surface area contributed by atoms with Crippen LogP contribution in [0.2, 0.25) is 0 Å². The molecule has 0 saturated heterocycles. The van der Waals surface area contributed by atoms with Crippen LogP contribution in [-0.4, -0.2) is 30.9 Å². The van der Waals surface area contributed by atoms with E-state index in [1.807, 2.05) is 6.08 Å². The predicted molar refractivity (Wildman–Crippen MR) is 34.8 cm³/mol. The first-order valence-electron chi connectivity index (χ1n) is 2.94. The van der Waals surface area contributed by atoms with Gasteiger partial charge in [-0.3, -0.25) is 4.79 Å². The van der Waals surface area contributed by atoms with Crippen molar-refractivity contribution < 1.29 is 4.79 Å². The van der Waals surface area contributed by atoms with Gasteiger partial charge in [0.25, 0.3) is 0 Å². The van der Waals surface area contributed by atoms with Crippen molar-refractivity contribution in [1.29, 1.82) is 0 Å². The summed E-state index contributed by atoms with van der Waals surface area (Å²) >= 11 is 0. The lowest BCUT2D eigenvalue weighted by atomic mass is 10.5. The van der Waals surface area contributed by atoms with E-state index in [2.05, 4.69) is 5.32 Å². The Morgan fingerprint density at radius 1 is 1.78 bits per heavy atom. The summed E-state index contributed by atoms with van der Waals surface area (Å²) in [6, 6.07) is 0. The lowest BCUT2D eigenvalue weighted by Crippen LogP contribution is -2.29. The normalized spacial score (nSPS) is 20.1. The minimum absolute atomic E-state index is 0.115. The van der Waals surface area contributed by atoms with Crippen LogP contribution >= 0.6 is 0 Å². The molecule has 3 heteroatoms. The minimum Gasteiger partial charge on any atom is -0.321 e. The molecule has 1 N–H and O–H groups in total. The average Bonchev–Trinajstić information content (AvgIpc) is 1.99. The molecule has 3 nitrogen and oxygen atoms in total. The van der Waals surface area contributed by atoms with Crippen LogP contribution in [0.15, 0.2) is 12.3 Å². The fourth-order valence-electron chi connectivity index (χ4n) is 0.681. The van der Waals surface area contributed by atoms with Gasteiger partial charge in [-0.1, -0.05) is 6.08 Å². The van der Waals surface area contributed by atoms with E-state index < -0.39 is 0 Å². The zero-order valence-corrected chi connectivity index (χ0v) is 5.42. The van der Waals surface area contributed by atoms with Crippen molar-refractivity contribution in [2.24, 2.45) is 0 Å². The van der Waals surface area contributed by atoms with Gasteiger partial charge in [-0.25, -0.2) is 0 Å². The zero-order chi connectivity index (χ0) is 6.69. The van der Waals surface area contributed by atoms with Crippen molar-refractivity contribution in [2.75, 3.05) is 20.1 Å². The predicted octanol–water partition coefficient (Wildman–Crippen LogP) is -0.438. The largest absolute Gasteiger partial charge is 0.321 e. The number of carbonyl (C=O) groups excluding carboxylic acids is 1. The Morgan fingerprint density at radius 2 is 2.56 bits per heavy atom. The number of rotatable bonds is 0. The van der Waals surface area contributed by atoms with Crippen molar-refractivity contribution in [2.45, 2.75) is 0 Å². The van der Waals surface area contributed by atoms with Gasteiger partial charge in [0.05, 0.1) is 6.54 Å². The highest BCUT2D eigenvalue weighted by Gasteiger charge is 2.05. The first-order chi connectivity index (χ1) is 4.30. The zero-order valence-electron chi connectivity index (χ0n) is 5.42. The smallest absolute Gasteiger partial charge is 0.240 e. The van der Waals surface area contributed by atoms with Crippen LogP contribution in [0.1, 0.15) is 0 Å². The number of nitrogens with one attached hydrogen (secondary N) is 1. The molecule has 9 heavy (non-hydrogen) atoms. The van der Waals surface area contributed by atoms with Gasteiger partial charge in [-0.2, -0.15) is 0 Å². The summed E-state index contributed by atoms with van der Waals surface area (Å²) in [5.41, 5.74) is 0. The van der Waals surface area contributed by atoms with Crippen LogP contribution in [-0.2, 0) is 4.79 Å². The molecule has 0 bridgehead atoms. The Bertz CT molecular complexity index is 142. The Balaban J connectivity index is 2.56. The number of amides is 1. The van der Waals surface area contributed by atoms with Gasteiger partial charge >= 0.3 is 0 Å². The second-order valence-electron chi connectivity index (χ2n) is 2.02. The molecule has 0 fully saturated rings. The summed E-state index contributed by atoms with van der Waals surface area (Å²) in [5, 5.41) is 2.95. The van der Waals surface area contributed by atoms with Gasteiger partial charge in [-0.05, 0) is 0 Å². The lowest BCUT2D eigenvalue weighted by molar-refractivity contribution is -0.126. The van der Waals surface area contributed by atoms with Gasteiger partial charge in [0.15, 0.2) is 0 Å². The van der Waals surface area contributed by atoms with E-state index in [-0.39, 0.29) is 5.91 Å². The monoisotopic (exact) mass is 126 g/mol. The van der Waals surface area contributed by atoms with E-state index in [4.69, 9.17) is 0 Å². The molecule has 0 spiro atoms. The summed E-state index contributed by atoms with van der Waals surface area (Å²) in [6.07, 6.45) is 3.70. The van der Waals surface area contributed by atoms with Gasteiger partial charge in [-0.15, -0.1) is 0 Å². The first-order valence-corrected chi connectivity index (χ1v) is 2.94. The number of likely N-dealkylation sites (N-methyl/N-ethyl adjacent to an activating group) is 1. The maximum atomic E-state index is 10.8. The van der Waals surface area contributed by atoms with E-state index in [0.29, 0.717) is 6.54 Å². The molecular formula is C6H10N2O. The molecule has 0 aromatic carbocycles. The second-order valence-corrected chi connectivity index (χ2v) is 2.02. The molecule has 0 aliphatic carbocycles. The quantitative estimate of drug-likeness (QED) is 0.477. The fraction of sp³-hybridized carbons (Fsp3) is 0.500. The van der Waals surface area contributed by atoms with Gasteiger partial charge in [0, 0.05) is 19.8 Å². The molecule has 1 heterocycles. The van der Waals surface area contributed by atoms with E-state index >= 15 is 0 Å². The van der Waals surface area contributed by atoms with Crippen LogP contribution in [0.4, 0.5) is 0 Å². The summed E-state index contributed by atoms with van der Waals surface area (Å²) in [7, 11) is 1.76. The molecule has 1 aliphatic heterocycles. The highest BCUT2D eigenvalue weighted by molar-refractivity contribution is 5.79. The number of nitrogens with zero attached hydrogens (tertiary/aromatic N) is 1. The summed E-state index contributed by atoms with van der Waals surface area (Å²) in [5.74, 6) is 0.115. The molecule has 1 amide bonds. The Hall–Kier alpha value is -0.830. The van der Waals surface area contributed by atoms with Crippen LogP contribution in [0.25, 0.3) is 0 Å². The fourth-order valence-corrected chi connectivity index (χ4v) is 0.681. The standard InChI is InChI=1S/C6H10N2O/c1-8-4-2-3-7-5-6(8)9/h2,4,7H,3,5H2,1H3. The van der Waals surface area contributed by atoms with Crippen LogP contribution in [0, 0.1) is 0 Å². The number of hydrogen-bond donors (Lipinski definition) is 1. The average molecular weight is 126 g/mol. The third-order valence-corrected chi connectivity index (χ3v) is 1.26. The molecule has 1 rings (SSSR count). The molecule has 0 aromatic rings. The Labute approximate surface area is 54.3 Å². The van der Waals surface area contributed by atoms with Crippen LogP contribution in [0.5, 0.6) is 0 Å². The van der Waals surface area contributed by atoms with Crippen LogP contribution in [0.3, 0.4) is 0 Å². The van der Waals surface area contributed by atoms with Crippen molar-refractivity contribution in [3.63, 3.8) is 0 Å². The number of hydrogen-bond acceptors (Lipinski definition) is 2. The maximum absolute atomic E-state index is 10.8. The van der Waals surface area contributed by atoms with Crippen molar-refractivity contribution in [3.8, 4) is 0 Å². The van der Waals surface area contributed by atoms with Crippen molar-refractivity contribution in [3.05, 3.63) is 12.3 Å². The maximum Gasteiger partial charge on any atom is 0.240 e. The summed E-state index contributed by atoms with van der Waals surface area (Å²) in [6.45, 7) is 1.24. The molecule has 0 atom stereocenters. The molecule has 0 unspecified atom stereocenters. The third-order valence-electron chi connectivity index (χ3n) is 1.26. The third kappa shape index (κ3) is 1.54. The summed E-state index contributed by atoms with van der Waals surface area (Å²) in [4.78, 5) is 12.4. The molecule has 1 aliphatic rings. The molecule has 50 valence electrons. The van der Waals surface area contributed by atoms with Gasteiger partial charge < -0.3 is 10.2 Å². The summed E-state index contributed by atoms with van der Waals surface area (Å²) < 4.78 is 0. The lowest BCUT2D eigenvalue weighted by Gasteiger charge is -2.07. The molecular weight excluding hydrogens is 116 g/mol. The Kier molecular flexibility index (Phi) is 1.85. The second kappa shape index (κ2) is 2.64. The van der Waals surface area contributed by atoms with E-state index in [1.54, 1.807) is 18.1 Å². The van der Waals surface area contributed by atoms with E-state index in [1.165, 1.54) is 0 Å². The Morgan fingerprint density at radius 3 is 3.33 bits per heavy atom. The van der Waals surface area contributed by atoms with Crippen molar-refractivity contribution in [1.82, 2.24) is 10.2 Å². The van der Waals surface area contributed by atoms with Crippen LogP contribution < -0.4 is 5.32 Å². The first kappa shape index (κ1) is 6.29. The van der Waals surface area contributed by atoms with E-state index in [9.17, 15) is 4.79 Å². The van der Waals surface area contributed by atoms with Gasteiger partial charge in [0.1, 0.15) is 0 Å². The number of carbonyl (C=O) groups is 1. The highest BCUT2D eigenvalue weighted by Crippen LogP contribution is 1.88. The topological polar surface area (TPSA) is 32.3 Å². The van der Waals surface area contributed by atoms with Gasteiger partial charge in [0.2, 0.25) is 5.91 Å². The minimum atomic E-state index is 0.115. The molecule has 0 aromatic heterocycles. The highest BCUT2D eigenvalue weighted by atomic mass is 16.2. The van der Waals surface area contributed by atoms with Crippen molar-refractivity contribution >= 4 is 5.91 Å².